The molecule has 2 nitrogen and oxygen atoms in total. The molecule has 0 spiro atoms. The minimum atomic E-state index is 0.811. The van der Waals surface area contributed by atoms with Gasteiger partial charge in [-0.05, 0) is 79.7 Å². The van der Waals surface area contributed by atoms with Crippen LogP contribution < -0.4 is 5.73 Å². The summed E-state index contributed by atoms with van der Waals surface area (Å²) in [4.78, 5) is 0. The number of anilines is 1. The van der Waals surface area contributed by atoms with Crippen LogP contribution in [0.1, 0.15) is 0 Å². The minimum absolute atomic E-state index is 0.811. The lowest BCUT2D eigenvalue weighted by molar-refractivity contribution is 1.19. The van der Waals surface area contributed by atoms with Gasteiger partial charge in [-0.3, -0.25) is 0 Å². The van der Waals surface area contributed by atoms with Gasteiger partial charge in [0, 0.05) is 38.5 Å². The molecule has 0 radical (unpaired) electrons. The number of benzene rings is 11. The van der Waals surface area contributed by atoms with Gasteiger partial charge in [0.2, 0.25) is 0 Å². The Morgan fingerprint density at radius 2 is 0.758 bits per heavy atom. The van der Waals surface area contributed by atoms with E-state index >= 15 is 0 Å². The molecule has 0 aliphatic heterocycles. The second kappa shape index (κ2) is 17.2. The molecule has 0 saturated heterocycles. The van der Waals surface area contributed by atoms with Gasteiger partial charge in [-0.15, -0.1) is 0 Å². The second-order valence-electron chi connectivity index (χ2n) is 15.4. The molecule has 11 aromatic carbocycles. The van der Waals surface area contributed by atoms with Gasteiger partial charge >= 0.3 is 0 Å². The third-order valence-corrected chi connectivity index (χ3v) is 11.7. The highest BCUT2D eigenvalue weighted by atomic mass is 15.0. The van der Waals surface area contributed by atoms with Gasteiger partial charge in [0.05, 0.1) is 11.0 Å². The van der Waals surface area contributed by atoms with Crippen LogP contribution in [0.4, 0.5) is 5.69 Å². The van der Waals surface area contributed by atoms with E-state index < -0.39 is 0 Å². The summed E-state index contributed by atoms with van der Waals surface area (Å²) < 4.78 is 2.44. The first-order valence-corrected chi connectivity index (χ1v) is 21.1. The largest absolute Gasteiger partial charge is 0.398 e. The Kier molecular flexibility index (Phi) is 10.5. The first kappa shape index (κ1) is 38.0. The molecule has 1 heterocycles. The Bertz CT molecular complexity index is 3390. The molecular weight excluding hydrogens is 749 g/mol. The fourth-order valence-corrected chi connectivity index (χ4v) is 8.78. The third-order valence-electron chi connectivity index (χ3n) is 11.7. The molecular formula is C60H44N2. The van der Waals surface area contributed by atoms with Crippen molar-refractivity contribution in [2.24, 2.45) is 0 Å². The minimum Gasteiger partial charge on any atom is -0.398 e. The average molecular weight is 793 g/mol. The molecule has 2 heteroatoms. The lowest BCUT2D eigenvalue weighted by Gasteiger charge is -2.13. The monoisotopic (exact) mass is 792 g/mol. The van der Waals surface area contributed by atoms with Crippen molar-refractivity contribution in [1.82, 2.24) is 4.57 Å². The highest BCUT2D eigenvalue weighted by molar-refractivity contribution is 6.36. The van der Waals surface area contributed by atoms with E-state index in [9.17, 15) is 0 Å². The van der Waals surface area contributed by atoms with Gasteiger partial charge in [-0.2, -0.15) is 0 Å². The fourth-order valence-electron chi connectivity index (χ4n) is 8.78. The lowest BCUT2D eigenvalue weighted by atomic mass is 9.93. The summed E-state index contributed by atoms with van der Waals surface area (Å²) in [5.41, 5.74) is 17.8. The smallest absolute Gasteiger partial charge is 0.0626 e. The van der Waals surface area contributed by atoms with Crippen LogP contribution in [0.5, 0.6) is 0 Å². The average Bonchev–Trinajstić information content (AvgIpc) is 3.71. The number of hydrogen-bond donors (Lipinski definition) is 1. The number of nitrogens with two attached hydrogens (primary N) is 1. The molecule has 0 unspecified atom stereocenters. The molecule has 0 atom stereocenters. The molecule has 0 aliphatic carbocycles. The number of nitrogens with zero attached hydrogens (tertiary/aromatic N) is 1. The topological polar surface area (TPSA) is 30.9 Å². The van der Waals surface area contributed by atoms with Crippen molar-refractivity contribution >= 4 is 59.8 Å². The van der Waals surface area contributed by atoms with Crippen molar-refractivity contribution < 1.29 is 0 Å². The molecule has 0 bridgehead atoms. The van der Waals surface area contributed by atoms with Gasteiger partial charge in [0.15, 0.2) is 0 Å². The van der Waals surface area contributed by atoms with Crippen LogP contribution >= 0.6 is 0 Å². The van der Waals surface area contributed by atoms with E-state index in [-0.39, 0.29) is 0 Å². The van der Waals surface area contributed by atoms with Crippen LogP contribution in [0.25, 0.3) is 93.2 Å². The quantitative estimate of drug-likeness (QED) is 0.140. The first-order valence-electron chi connectivity index (χ1n) is 21.1. The Morgan fingerprint density at radius 1 is 0.290 bits per heavy atom. The number of fused-ring (bicyclic) bond motifs is 10. The van der Waals surface area contributed by atoms with Crippen LogP contribution in [0.2, 0.25) is 0 Å². The lowest BCUT2D eigenvalue weighted by Crippen LogP contribution is -1.94. The zero-order chi connectivity index (χ0) is 41.7. The summed E-state index contributed by atoms with van der Waals surface area (Å²) in [6.07, 6.45) is 0. The second-order valence-corrected chi connectivity index (χ2v) is 15.4. The molecule has 2 N–H and O–H groups in total. The maximum absolute atomic E-state index is 6.10. The summed E-state index contributed by atoms with van der Waals surface area (Å²) in [6, 6.07) is 89.3. The SMILES string of the molecule is Nc1ccc(-c2ccccc2)cc1-c1ccccc1.c1ccc(-c2ccccc2)cc1.c1ccc(-n2c3ccccc3c3c4c5ccccc5ccc4c4ccccc4c32)cc1. The maximum Gasteiger partial charge on any atom is 0.0626 e. The number of hydrogen-bond acceptors (Lipinski definition) is 1. The van der Waals surface area contributed by atoms with Crippen molar-refractivity contribution in [2.45, 2.75) is 0 Å². The first-order chi connectivity index (χ1) is 30.7. The normalized spacial score (nSPS) is 11.0. The van der Waals surface area contributed by atoms with E-state index in [2.05, 4.69) is 205 Å². The Morgan fingerprint density at radius 3 is 1.37 bits per heavy atom. The maximum atomic E-state index is 6.10. The zero-order valence-corrected chi connectivity index (χ0v) is 34.3. The molecule has 62 heavy (non-hydrogen) atoms. The highest BCUT2D eigenvalue weighted by Gasteiger charge is 2.19. The fraction of sp³-hybridized carbons (Fsp3) is 0. The summed E-state index contributed by atoms with van der Waals surface area (Å²) >= 11 is 0. The number of para-hydroxylation sites is 2. The van der Waals surface area contributed by atoms with Crippen LogP contribution in [0.15, 0.2) is 255 Å². The Hall–Kier alpha value is -8.20. The van der Waals surface area contributed by atoms with Gasteiger partial charge in [-0.25, -0.2) is 0 Å². The van der Waals surface area contributed by atoms with Gasteiger partial charge in [-0.1, -0.05) is 224 Å². The summed E-state index contributed by atoms with van der Waals surface area (Å²) in [5, 5.41) is 10.5. The molecule has 0 aliphatic rings. The number of rotatable bonds is 4. The number of nitrogen functional groups attached to an aromatic ring is 1. The van der Waals surface area contributed by atoms with E-state index in [1.165, 1.54) is 82.1 Å². The van der Waals surface area contributed by atoms with Crippen molar-refractivity contribution in [3.8, 4) is 39.1 Å². The van der Waals surface area contributed by atoms with Crippen LogP contribution in [-0.4, -0.2) is 4.57 Å². The Balaban J connectivity index is 0.000000125. The molecule has 12 aromatic rings. The molecule has 0 fully saturated rings. The van der Waals surface area contributed by atoms with Gasteiger partial charge in [0.1, 0.15) is 0 Å². The molecule has 0 amide bonds. The van der Waals surface area contributed by atoms with E-state index in [0.29, 0.717) is 0 Å². The zero-order valence-electron chi connectivity index (χ0n) is 34.3. The van der Waals surface area contributed by atoms with Crippen LogP contribution in [-0.2, 0) is 0 Å². The summed E-state index contributed by atoms with van der Waals surface area (Å²) in [6.45, 7) is 0. The van der Waals surface area contributed by atoms with Crippen molar-refractivity contribution in [3.63, 3.8) is 0 Å². The molecule has 0 saturated carbocycles. The molecule has 294 valence electrons. The van der Waals surface area contributed by atoms with Crippen molar-refractivity contribution in [1.29, 1.82) is 0 Å². The predicted molar refractivity (Wildman–Crippen MR) is 267 cm³/mol. The number of aromatic nitrogens is 1. The van der Waals surface area contributed by atoms with E-state index in [1.807, 2.05) is 54.6 Å². The van der Waals surface area contributed by atoms with Crippen molar-refractivity contribution in [2.75, 3.05) is 5.73 Å². The molecule has 1 aromatic heterocycles. The van der Waals surface area contributed by atoms with Gasteiger partial charge < -0.3 is 10.3 Å². The van der Waals surface area contributed by atoms with E-state index in [0.717, 1.165) is 16.8 Å². The van der Waals surface area contributed by atoms with Crippen LogP contribution in [0, 0.1) is 0 Å². The van der Waals surface area contributed by atoms with Gasteiger partial charge in [0.25, 0.3) is 0 Å². The summed E-state index contributed by atoms with van der Waals surface area (Å²) in [5.74, 6) is 0. The molecule has 12 rings (SSSR count). The van der Waals surface area contributed by atoms with Crippen molar-refractivity contribution in [3.05, 3.63) is 255 Å². The Labute approximate surface area is 362 Å². The van der Waals surface area contributed by atoms with E-state index in [4.69, 9.17) is 5.73 Å². The summed E-state index contributed by atoms with van der Waals surface area (Å²) in [7, 11) is 0. The van der Waals surface area contributed by atoms with Crippen LogP contribution in [0.3, 0.4) is 0 Å². The van der Waals surface area contributed by atoms with E-state index in [1.54, 1.807) is 0 Å². The highest BCUT2D eigenvalue weighted by Crippen LogP contribution is 2.44. The third kappa shape index (κ3) is 7.36. The predicted octanol–water partition coefficient (Wildman–Crippen LogP) is 16.2. The standard InChI is InChI=1S/C30H19N.C18H15N.C12H10/c1-2-11-21(12-3-1)31-27-17-9-8-16-26(27)29-28-22-13-5-4-10-20(22)18-19-24(28)23-14-6-7-15-25(23)30(29)31;19-18-12-11-16(14-7-3-1-4-8-14)13-17(18)15-9-5-2-6-10-15;1-3-7-11(8-4-1)12-9-5-2-6-10-12/h1-19H;1-13H,19H2;1-10H.